The van der Waals surface area contributed by atoms with Crippen LogP contribution in [0, 0.1) is 0 Å². The number of benzene rings is 2. The zero-order valence-corrected chi connectivity index (χ0v) is 14.9. The van der Waals surface area contributed by atoms with Crippen molar-refractivity contribution in [3.63, 3.8) is 0 Å². The molecule has 0 aliphatic carbocycles. The summed E-state index contributed by atoms with van der Waals surface area (Å²) in [6.45, 7) is 0.222. The predicted molar refractivity (Wildman–Crippen MR) is 94.9 cm³/mol. The van der Waals surface area contributed by atoms with Crippen molar-refractivity contribution >= 4 is 23.5 Å². The minimum absolute atomic E-state index is 0.0488. The number of carboxylic acids is 1. The molecule has 0 aliphatic rings. The van der Waals surface area contributed by atoms with E-state index in [4.69, 9.17) is 16.7 Å². The van der Waals surface area contributed by atoms with Gasteiger partial charge in [0.05, 0.1) is 16.1 Å². The smallest absolute Gasteiger partial charge is 0.416 e. The minimum atomic E-state index is -4.55. The number of nitrogens with one attached hydrogen (secondary N) is 1. The molecule has 8 heteroatoms. The van der Waals surface area contributed by atoms with Gasteiger partial charge in [0.1, 0.15) is 0 Å². The van der Waals surface area contributed by atoms with E-state index >= 15 is 0 Å². The molecule has 0 aliphatic heterocycles. The van der Waals surface area contributed by atoms with Gasteiger partial charge < -0.3 is 10.4 Å². The molecule has 27 heavy (non-hydrogen) atoms. The summed E-state index contributed by atoms with van der Waals surface area (Å²) < 4.78 is 38.3. The van der Waals surface area contributed by atoms with Crippen LogP contribution in [-0.2, 0) is 23.8 Å². The molecule has 0 fully saturated rings. The van der Waals surface area contributed by atoms with E-state index in [1.807, 2.05) is 24.3 Å². The monoisotopic (exact) mass is 399 g/mol. The molecule has 1 amide bonds. The van der Waals surface area contributed by atoms with Gasteiger partial charge in [-0.2, -0.15) is 13.2 Å². The van der Waals surface area contributed by atoms with Gasteiger partial charge >= 0.3 is 12.1 Å². The number of rotatable bonds is 7. The number of carboxylic acid groups (broad SMARTS) is 1. The third-order valence-electron chi connectivity index (χ3n) is 3.89. The molecule has 2 rings (SSSR count). The molecule has 0 bridgehead atoms. The van der Waals surface area contributed by atoms with Gasteiger partial charge in [-0.3, -0.25) is 9.59 Å². The highest BCUT2D eigenvalue weighted by Gasteiger charge is 2.31. The molecule has 0 spiro atoms. The van der Waals surface area contributed by atoms with Crippen LogP contribution in [0.15, 0.2) is 42.5 Å². The summed E-state index contributed by atoms with van der Waals surface area (Å²) in [7, 11) is 0. The summed E-state index contributed by atoms with van der Waals surface area (Å²) in [5.74, 6) is -1.54. The molecule has 144 valence electrons. The Labute approximate surface area is 159 Å². The van der Waals surface area contributed by atoms with Crippen LogP contribution in [0.1, 0.15) is 33.5 Å². The maximum Gasteiger partial charge on any atom is 0.416 e. The third-order valence-corrected chi connectivity index (χ3v) is 4.22. The average molecular weight is 400 g/mol. The Morgan fingerprint density at radius 3 is 2.15 bits per heavy atom. The normalized spacial score (nSPS) is 11.3. The molecule has 0 radical (unpaired) electrons. The summed E-state index contributed by atoms with van der Waals surface area (Å²) in [5, 5.41) is 11.2. The Balaban J connectivity index is 1.92. The van der Waals surface area contributed by atoms with Gasteiger partial charge in [0.2, 0.25) is 0 Å². The fourth-order valence-electron chi connectivity index (χ4n) is 2.42. The number of halogens is 4. The van der Waals surface area contributed by atoms with Gasteiger partial charge in [-0.25, -0.2) is 0 Å². The van der Waals surface area contributed by atoms with Crippen molar-refractivity contribution in [2.75, 3.05) is 6.54 Å². The quantitative estimate of drug-likeness (QED) is 0.727. The molecule has 2 aromatic carbocycles. The van der Waals surface area contributed by atoms with Crippen LogP contribution in [0.3, 0.4) is 0 Å². The molecule has 0 aromatic heterocycles. The van der Waals surface area contributed by atoms with Gasteiger partial charge in [0.25, 0.3) is 5.91 Å². The zero-order chi connectivity index (χ0) is 20.0. The highest BCUT2D eigenvalue weighted by molar-refractivity contribution is 6.33. The highest BCUT2D eigenvalue weighted by Crippen LogP contribution is 2.31. The van der Waals surface area contributed by atoms with Crippen molar-refractivity contribution in [2.24, 2.45) is 0 Å². The van der Waals surface area contributed by atoms with Crippen LogP contribution >= 0.6 is 11.6 Å². The number of hydrogen-bond donors (Lipinski definition) is 2. The number of amides is 1. The van der Waals surface area contributed by atoms with Gasteiger partial charge in [-0.1, -0.05) is 35.9 Å². The molecule has 2 aromatic rings. The summed E-state index contributed by atoms with van der Waals surface area (Å²) in [6, 6.07) is 9.86. The van der Waals surface area contributed by atoms with Gasteiger partial charge in [0.15, 0.2) is 0 Å². The second-order valence-electron chi connectivity index (χ2n) is 5.91. The lowest BCUT2D eigenvalue weighted by Gasteiger charge is -2.11. The Morgan fingerprint density at radius 2 is 1.59 bits per heavy atom. The Bertz CT molecular complexity index is 820. The molecule has 0 atom stereocenters. The highest BCUT2D eigenvalue weighted by atomic mass is 35.5. The first-order chi connectivity index (χ1) is 12.7. The van der Waals surface area contributed by atoms with E-state index in [9.17, 15) is 22.8 Å². The third kappa shape index (κ3) is 6.29. The second kappa shape index (κ2) is 8.90. The molecule has 0 unspecified atom stereocenters. The number of alkyl halides is 3. The summed E-state index contributed by atoms with van der Waals surface area (Å²) >= 11 is 5.84. The molecular formula is C19H17ClF3NO3. The predicted octanol–water partition coefficient (Wildman–Crippen LogP) is 4.35. The van der Waals surface area contributed by atoms with E-state index in [0.29, 0.717) is 12.8 Å². The van der Waals surface area contributed by atoms with E-state index in [0.717, 1.165) is 29.3 Å². The van der Waals surface area contributed by atoms with Crippen molar-refractivity contribution in [3.8, 4) is 0 Å². The average Bonchev–Trinajstić information content (AvgIpc) is 2.60. The number of carbonyl (C=O) groups is 2. The van der Waals surface area contributed by atoms with E-state index in [2.05, 4.69) is 5.32 Å². The lowest BCUT2D eigenvalue weighted by Crippen LogP contribution is -2.26. The van der Waals surface area contributed by atoms with E-state index < -0.39 is 23.6 Å². The Kier molecular flexibility index (Phi) is 6.85. The fraction of sp³-hybridized carbons (Fsp3) is 0.263. The standard InChI is InChI=1S/C19H17ClF3NO3/c20-16-7-6-14(19(21,22)23)11-15(16)18(27)24-10-9-13-3-1-12(2-4-13)5-8-17(25)26/h1-4,6-7,11H,5,8-10H2,(H,24,27)(H,25,26). The SMILES string of the molecule is O=C(O)CCc1ccc(CCNC(=O)c2cc(C(F)(F)F)ccc2Cl)cc1. The first-order valence-electron chi connectivity index (χ1n) is 8.11. The van der Waals surface area contributed by atoms with E-state index in [1.54, 1.807) is 0 Å². The minimum Gasteiger partial charge on any atom is -0.481 e. The molecule has 0 heterocycles. The Hall–Kier alpha value is -2.54. The maximum absolute atomic E-state index is 12.8. The number of carbonyl (C=O) groups excluding carboxylic acids is 1. The Morgan fingerprint density at radius 1 is 1.00 bits per heavy atom. The van der Waals surface area contributed by atoms with Crippen LogP contribution in [0.4, 0.5) is 13.2 Å². The van der Waals surface area contributed by atoms with Gasteiger partial charge in [-0.15, -0.1) is 0 Å². The molecule has 0 saturated heterocycles. The van der Waals surface area contributed by atoms with Crippen molar-refractivity contribution in [1.82, 2.24) is 5.32 Å². The molecule has 2 N–H and O–H groups in total. The van der Waals surface area contributed by atoms with E-state index in [-0.39, 0.29) is 23.6 Å². The van der Waals surface area contributed by atoms with Crippen molar-refractivity contribution in [1.29, 1.82) is 0 Å². The zero-order valence-electron chi connectivity index (χ0n) is 14.1. The topological polar surface area (TPSA) is 66.4 Å². The number of aryl methyl sites for hydroxylation is 1. The number of hydrogen-bond acceptors (Lipinski definition) is 2. The fourth-order valence-corrected chi connectivity index (χ4v) is 2.62. The van der Waals surface area contributed by atoms with Crippen LogP contribution in [0.5, 0.6) is 0 Å². The summed E-state index contributed by atoms with van der Waals surface area (Å²) in [6.07, 6.45) is -3.60. The van der Waals surface area contributed by atoms with E-state index in [1.165, 1.54) is 0 Å². The molecule has 4 nitrogen and oxygen atoms in total. The van der Waals surface area contributed by atoms with Crippen LogP contribution in [-0.4, -0.2) is 23.5 Å². The first kappa shape index (κ1) is 20.8. The first-order valence-corrected chi connectivity index (χ1v) is 8.49. The largest absolute Gasteiger partial charge is 0.481 e. The van der Waals surface area contributed by atoms with Gasteiger partial charge in [0, 0.05) is 13.0 Å². The summed E-state index contributed by atoms with van der Waals surface area (Å²) in [4.78, 5) is 22.7. The van der Waals surface area contributed by atoms with Crippen LogP contribution in [0.2, 0.25) is 5.02 Å². The summed E-state index contributed by atoms with van der Waals surface area (Å²) in [5.41, 5.74) is 0.634. The molecular weight excluding hydrogens is 383 g/mol. The van der Waals surface area contributed by atoms with Crippen molar-refractivity contribution < 1.29 is 27.9 Å². The lowest BCUT2D eigenvalue weighted by molar-refractivity contribution is -0.138. The lowest BCUT2D eigenvalue weighted by atomic mass is 10.1. The van der Waals surface area contributed by atoms with Crippen LogP contribution < -0.4 is 5.32 Å². The number of aliphatic carboxylic acids is 1. The van der Waals surface area contributed by atoms with Crippen molar-refractivity contribution in [3.05, 3.63) is 69.7 Å². The van der Waals surface area contributed by atoms with Crippen LogP contribution in [0.25, 0.3) is 0 Å². The second-order valence-corrected chi connectivity index (χ2v) is 6.32. The molecule has 0 saturated carbocycles. The van der Waals surface area contributed by atoms with Gasteiger partial charge in [-0.05, 0) is 42.2 Å². The van der Waals surface area contributed by atoms with Crippen molar-refractivity contribution in [2.45, 2.75) is 25.4 Å². The maximum atomic E-state index is 12.8.